The maximum atomic E-state index is 9.75. The van der Waals surface area contributed by atoms with E-state index in [1.54, 1.807) is 0 Å². The van der Waals surface area contributed by atoms with E-state index in [-0.39, 0.29) is 21.1 Å². The van der Waals surface area contributed by atoms with Gasteiger partial charge < -0.3 is 34.5 Å². The molecule has 0 aromatic rings. The van der Waals surface area contributed by atoms with E-state index in [0.717, 1.165) is 0 Å². The molecule has 0 atom stereocenters. The summed E-state index contributed by atoms with van der Waals surface area (Å²) in [5.41, 5.74) is 0. The summed E-state index contributed by atoms with van der Waals surface area (Å²) in [6, 6.07) is 0. The van der Waals surface area contributed by atoms with Gasteiger partial charge in [0.1, 0.15) is 0 Å². The van der Waals surface area contributed by atoms with Crippen molar-refractivity contribution in [1.29, 1.82) is 0 Å². The van der Waals surface area contributed by atoms with Crippen LogP contribution in [-0.2, 0) is 30.4 Å². The van der Waals surface area contributed by atoms with Crippen LogP contribution in [0.2, 0.25) is 0 Å². The van der Waals surface area contributed by atoms with Gasteiger partial charge in [-0.1, -0.05) is 0 Å². The second-order valence-electron chi connectivity index (χ2n) is 2.91. The quantitative estimate of drug-likeness (QED) is 0.186. The van der Waals surface area contributed by atoms with Gasteiger partial charge in [0, 0.05) is 21.1 Å². The van der Waals surface area contributed by atoms with E-state index < -0.39 is 14.5 Å². The molecule has 0 saturated heterocycles. The molecular weight excluding hydrogens is 534 g/mol. The Hall–Kier alpha value is -0.262. The summed E-state index contributed by atoms with van der Waals surface area (Å²) in [7, 11) is -12.0. The Balaban J connectivity index is -0.0000000658. The molecule has 2 rings (SSSR count). The van der Waals surface area contributed by atoms with E-state index in [2.05, 4.69) is 13.3 Å². The first-order chi connectivity index (χ1) is 11.0. The molecule has 25 heavy (non-hydrogen) atoms. The van der Waals surface area contributed by atoms with Gasteiger partial charge in [0.15, 0.2) is 0 Å². The minimum Gasteiger partial charge on any atom is -0.0312 e. The predicted octanol–water partition coefficient (Wildman–Crippen LogP) is 4.57. The Morgan fingerprint density at radius 3 is 0.480 bits per heavy atom. The molecule has 0 aliphatic heterocycles. The van der Waals surface area contributed by atoms with Gasteiger partial charge in [-0.15, -0.1) is 0 Å². The molecule has 0 aromatic heterocycles. The zero-order valence-electron chi connectivity index (χ0n) is 12.2. The topological polar surface area (TPSA) is 39.8 Å². The van der Waals surface area contributed by atoms with E-state index in [4.69, 9.17) is 9.30 Å². The average molecular weight is 544 g/mol. The van der Waals surface area contributed by atoms with Crippen LogP contribution in [0.25, 0.3) is 0 Å². The second-order valence-corrected chi connectivity index (χ2v) is 2.91. The molecule has 0 amide bonds. The smallest absolute Gasteiger partial charge is 0 e. The molecule has 0 N–H and O–H groups in total. The van der Waals surface area contributed by atoms with Crippen LogP contribution in [0.5, 0.6) is 0 Å². The van der Waals surface area contributed by atoms with Crippen LogP contribution in [0.4, 0.5) is 34.5 Å². The fourth-order valence-electron chi connectivity index (χ4n) is 0.642. The van der Waals surface area contributed by atoms with Crippen molar-refractivity contribution in [2.45, 2.75) is 0 Å². The van der Waals surface area contributed by atoms with Gasteiger partial charge in [0.05, 0.1) is 0 Å². The Morgan fingerprint density at radius 1 is 0.400 bits per heavy atom. The molecule has 2 fully saturated rings. The first-order valence-corrected chi connectivity index (χ1v) is 5.49. The van der Waals surface area contributed by atoms with Gasteiger partial charge in [0.2, 0.25) is 0 Å². The minimum absolute atomic E-state index is 0. The third-order valence-corrected chi connectivity index (χ3v) is 1.11. The Morgan fingerprint density at radius 2 is 0.440 bits per heavy atom. The second kappa shape index (κ2) is 26.0. The Bertz CT molecular complexity index is 223. The van der Waals surface area contributed by atoms with E-state index in [9.17, 15) is 34.5 Å². The fourth-order valence-corrected chi connectivity index (χ4v) is 0.642. The molecule has 2 nitrogen and oxygen atoms in total. The maximum Gasteiger partial charge on any atom is 0 e. The van der Waals surface area contributed by atoms with Crippen LogP contribution in [0.1, 0.15) is 0 Å². The summed E-state index contributed by atoms with van der Waals surface area (Å²) in [6.07, 6.45) is 20.0. The molecule has 2 aliphatic rings. The zero-order valence-corrected chi connectivity index (χ0v) is 15.1. The van der Waals surface area contributed by atoms with Crippen LogP contribution in [0.15, 0.2) is 0 Å². The van der Waals surface area contributed by atoms with Gasteiger partial charge in [-0.2, -0.15) is 0 Å². The third-order valence-electron chi connectivity index (χ3n) is 1.11. The van der Waals surface area contributed by atoms with Crippen molar-refractivity contribution in [3.63, 3.8) is 0 Å². The molecular formula is C12H10B2F8O2W-2. The summed E-state index contributed by atoms with van der Waals surface area (Å²) in [5.74, 6) is 0. The van der Waals surface area contributed by atoms with Crippen molar-refractivity contribution >= 4 is 14.5 Å². The number of halogens is 8. The van der Waals surface area contributed by atoms with Crippen molar-refractivity contribution in [2.75, 3.05) is 0 Å². The minimum atomic E-state index is -6.00. The van der Waals surface area contributed by atoms with Gasteiger partial charge in [-0.3, -0.25) is 0 Å². The van der Waals surface area contributed by atoms with E-state index in [1.165, 1.54) is 0 Å². The van der Waals surface area contributed by atoms with Gasteiger partial charge >= 0.3 is 37.1 Å². The Labute approximate surface area is 157 Å². The standard InChI is InChI=1S/2C5H5.2CO.2BF4.W/c2*1-2-4-5-3-1;2*1-2;2*2-1(3,4)5;/h2*1-5H;;;;;/q;;;;2*-1;. The summed E-state index contributed by atoms with van der Waals surface area (Å²) in [6.45, 7) is 9.00. The fraction of sp³-hybridized carbons (Fsp3) is 0. The number of hydrogen-bond acceptors (Lipinski definition) is 0. The van der Waals surface area contributed by atoms with Crippen LogP contribution in [0, 0.1) is 77.5 Å². The summed E-state index contributed by atoms with van der Waals surface area (Å²) in [4.78, 5) is 0. The van der Waals surface area contributed by atoms with E-state index in [1.807, 2.05) is 64.2 Å². The molecule has 140 valence electrons. The molecule has 0 bridgehead atoms. The van der Waals surface area contributed by atoms with Crippen LogP contribution in [0.3, 0.4) is 0 Å². The van der Waals surface area contributed by atoms with Gasteiger partial charge in [0.25, 0.3) is 0 Å². The van der Waals surface area contributed by atoms with Crippen LogP contribution >= 0.6 is 0 Å². The van der Waals surface area contributed by atoms with Crippen molar-refractivity contribution in [3.8, 4) is 0 Å². The largest absolute Gasteiger partial charge is 0.0312 e. The molecule has 2 aliphatic carbocycles. The molecule has 2 saturated carbocycles. The molecule has 0 unspecified atom stereocenters. The molecule has 0 aromatic carbocycles. The number of rotatable bonds is 0. The Kier molecular flexibility index (Phi) is 37.2. The summed E-state index contributed by atoms with van der Waals surface area (Å²) in [5, 5.41) is 0. The van der Waals surface area contributed by atoms with Crippen molar-refractivity contribution < 1.29 is 64.9 Å². The van der Waals surface area contributed by atoms with Crippen LogP contribution in [-0.4, -0.2) is 14.5 Å². The number of hydrogen-bond donors (Lipinski definition) is 0. The molecule has 13 heteroatoms. The third kappa shape index (κ3) is 118. The normalized spacial score (nSPS) is 14.6. The first kappa shape index (κ1) is 35.8. The van der Waals surface area contributed by atoms with Crippen LogP contribution < -0.4 is 0 Å². The predicted molar refractivity (Wildman–Crippen MR) is 71.2 cm³/mol. The summed E-state index contributed by atoms with van der Waals surface area (Å²) < 4.78 is 93.0. The van der Waals surface area contributed by atoms with Crippen molar-refractivity contribution in [3.05, 3.63) is 77.5 Å². The zero-order chi connectivity index (χ0) is 20.1. The monoisotopic (exact) mass is 544 g/mol. The SMILES string of the molecule is F[B-](F)(F)F.F[B-](F)(F)F.[C-]#[O+].[C-]#[O+].[CH]1[CH][CH][CH][CH]1.[CH]1[CH][CH][CH][CH]1.[W]. The molecule has 10 radical (unpaired) electrons. The van der Waals surface area contributed by atoms with Crippen molar-refractivity contribution in [2.24, 2.45) is 0 Å². The van der Waals surface area contributed by atoms with Gasteiger partial charge in [-0.05, 0) is 64.2 Å². The molecule has 0 spiro atoms. The van der Waals surface area contributed by atoms with Gasteiger partial charge in [-0.25, -0.2) is 0 Å². The van der Waals surface area contributed by atoms with E-state index in [0.29, 0.717) is 0 Å². The maximum absolute atomic E-state index is 9.75. The molecule has 0 heterocycles. The first-order valence-electron chi connectivity index (χ1n) is 5.49. The van der Waals surface area contributed by atoms with Crippen molar-refractivity contribution in [1.82, 2.24) is 0 Å². The van der Waals surface area contributed by atoms with E-state index >= 15 is 0 Å². The summed E-state index contributed by atoms with van der Waals surface area (Å²) >= 11 is 0. The average Bonchev–Trinajstić information content (AvgIpc) is 3.18.